The molecule has 8 nitrogen and oxygen atoms in total. The molecule has 9 heteroatoms. The summed E-state index contributed by atoms with van der Waals surface area (Å²) in [5.74, 6) is 0.825. The Morgan fingerprint density at radius 2 is 1.92 bits per heavy atom. The van der Waals surface area contributed by atoms with Crippen molar-refractivity contribution in [2.75, 3.05) is 5.32 Å². The van der Waals surface area contributed by atoms with Crippen LogP contribution in [0.3, 0.4) is 0 Å². The maximum atomic E-state index is 12.3. The molecular formula is C16H18N6O2S. The highest BCUT2D eigenvalue weighted by atomic mass is 32.2. The third kappa shape index (κ3) is 4.05. The van der Waals surface area contributed by atoms with Gasteiger partial charge in [-0.2, -0.15) is 4.68 Å². The number of nitrogens with one attached hydrogen (secondary N) is 1. The van der Waals surface area contributed by atoms with Gasteiger partial charge in [0, 0.05) is 6.07 Å². The second-order valence-electron chi connectivity index (χ2n) is 5.79. The Bertz CT molecular complexity index is 883. The average molecular weight is 358 g/mol. The third-order valence-electron chi connectivity index (χ3n) is 3.42. The van der Waals surface area contributed by atoms with Gasteiger partial charge >= 0.3 is 0 Å². The second-order valence-corrected chi connectivity index (χ2v) is 7.10. The van der Waals surface area contributed by atoms with Crippen molar-refractivity contribution < 1.29 is 9.32 Å². The number of thioether (sulfide) groups is 1. The number of rotatable bonds is 5. The SMILES string of the molecule is Cc1cc(C)cc(-n2nnnc2S[C@@H](C)C(=O)Nc2cc(C)on2)c1. The van der Waals surface area contributed by atoms with Crippen molar-refractivity contribution in [2.45, 2.75) is 38.1 Å². The Balaban J connectivity index is 1.75. The lowest BCUT2D eigenvalue weighted by Crippen LogP contribution is -2.23. The standard InChI is InChI=1S/C16H18N6O2S/c1-9-5-10(2)7-13(6-9)22-16(18-20-21-22)25-12(4)15(23)17-14-8-11(3)24-19-14/h5-8,12H,1-4H3,(H,17,19,23)/t12-/m0/s1. The molecule has 3 rings (SSSR count). The van der Waals surface area contributed by atoms with E-state index in [0.717, 1.165) is 16.8 Å². The fourth-order valence-corrected chi connectivity index (χ4v) is 3.16. The highest BCUT2D eigenvalue weighted by Crippen LogP contribution is 2.24. The Morgan fingerprint density at radius 1 is 1.20 bits per heavy atom. The number of hydrogen-bond acceptors (Lipinski definition) is 7. The lowest BCUT2D eigenvalue weighted by molar-refractivity contribution is -0.115. The molecule has 3 aromatic rings. The van der Waals surface area contributed by atoms with Crippen LogP contribution in [0, 0.1) is 20.8 Å². The topological polar surface area (TPSA) is 98.7 Å². The molecule has 0 bridgehead atoms. The molecule has 2 aromatic heterocycles. The highest BCUT2D eigenvalue weighted by Gasteiger charge is 2.20. The third-order valence-corrected chi connectivity index (χ3v) is 4.46. The normalized spacial score (nSPS) is 12.2. The van der Waals surface area contributed by atoms with Crippen molar-refractivity contribution in [3.8, 4) is 5.69 Å². The maximum Gasteiger partial charge on any atom is 0.238 e. The largest absolute Gasteiger partial charge is 0.360 e. The first-order valence-corrected chi connectivity index (χ1v) is 8.58. The first-order chi connectivity index (χ1) is 11.9. The second kappa shape index (κ2) is 7.06. The zero-order valence-corrected chi connectivity index (χ0v) is 15.2. The summed E-state index contributed by atoms with van der Waals surface area (Å²) in [5.41, 5.74) is 3.10. The Morgan fingerprint density at radius 3 is 2.56 bits per heavy atom. The van der Waals surface area contributed by atoms with Crippen LogP contribution in [0.1, 0.15) is 23.8 Å². The van der Waals surface area contributed by atoms with E-state index in [-0.39, 0.29) is 5.91 Å². The molecule has 0 fully saturated rings. The van der Waals surface area contributed by atoms with Gasteiger partial charge in [-0.25, -0.2) is 0 Å². The van der Waals surface area contributed by atoms with E-state index in [2.05, 4.69) is 32.1 Å². The number of nitrogens with zero attached hydrogens (tertiary/aromatic N) is 5. The summed E-state index contributed by atoms with van der Waals surface area (Å²) in [4.78, 5) is 12.3. The molecule has 2 heterocycles. The van der Waals surface area contributed by atoms with Crippen molar-refractivity contribution >= 4 is 23.5 Å². The fourth-order valence-electron chi connectivity index (χ4n) is 2.35. The Labute approximate surface area is 149 Å². The molecule has 1 N–H and O–H groups in total. The molecule has 0 spiro atoms. The Kier molecular flexibility index (Phi) is 4.84. The van der Waals surface area contributed by atoms with E-state index in [9.17, 15) is 4.79 Å². The lowest BCUT2D eigenvalue weighted by Gasteiger charge is -2.11. The van der Waals surface area contributed by atoms with Crippen LogP contribution >= 0.6 is 11.8 Å². The molecule has 1 amide bonds. The quantitative estimate of drug-likeness (QED) is 0.700. The van der Waals surface area contributed by atoms with Crippen LogP contribution in [0.4, 0.5) is 5.82 Å². The molecule has 0 radical (unpaired) electrons. The molecule has 0 aliphatic carbocycles. The van der Waals surface area contributed by atoms with Gasteiger partial charge in [0.1, 0.15) is 5.76 Å². The molecule has 0 saturated carbocycles. The molecule has 0 aliphatic rings. The number of tetrazole rings is 1. The maximum absolute atomic E-state index is 12.3. The molecule has 0 unspecified atom stereocenters. The van der Waals surface area contributed by atoms with Crippen LogP contribution in [-0.2, 0) is 4.79 Å². The summed E-state index contributed by atoms with van der Waals surface area (Å²) in [6.45, 7) is 7.58. The zero-order chi connectivity index (χ0) is 18.0. The molecule has 130 valence electrons. The first kappa shape index (κ1) is 17.2. The van der Waals surface area contributed by atoms with Gasteiger partial charge < -0.3 is 9.84 Å². The number of amides is 1. The van der Waals surface area contributed by atoms with E-state index in [1.807, 2.05) is 26.0 Å². The highest BCUT2D eigenvalue weighted by molar-refractivity contribution is 8.00. The minimum Gasteiger partial charge on any atom is -0.360 e. The van der Waals surface area contributed by atoms with Crippen molar-refractivity contribution in [1.82, 2.24) is 25.4 Å². The number of hydrogen-bond donors (Lipinski definition) is 1. The van der Waals surface area contributed by atoms with Crippen molar-refractivity contribution in [2.24, 2.45) is 0 Å². The monoisotopic (exact) mass is 358 g/mol. The van der Waals surface area contributed by atoms with Gasteiger partial charge in [0.05, 0.1) is 10.9 Å². The molecule has 25 heavy (non-hydrogen) atoms. The number of benzene rings is 1. The van der Waals surface area contributed by atoms with Crippen LogP contribution < -0.4 is 5.32 Å². The van der Waals surface area contributed by atoms with Crippen LogP contribution in [-0.4, -0.2) is 36.5 Å². The van der Waals surface area contributed by atoms with Gasteiger partial charge in [-0.05, 0) is 61.4 Å². The molecule has 1 aromatic carbocycles. The van der Waals surface area contributed by atoms with Gasteiger partial charge in [0.25, 0.3) is 0 Å². The summed E-state index contributed by atoms with van der Waals surface area (Å²) in [6, 6.07) is 7.73. The first-order valence-electron chi connectivity index (χ1n) is 7.70. The average Bonchev–Trinajstić information content (AvgIpc) is 3.15. The minimum atomic E-state index is -0.410. The Hall–Kier alpha value is -2.68. The number of anilines is 1. The summed E-state index contributed by atoms with van der Waals surface area (Å²) in [7, 11) is 0. The molecule has 0 aliphatic heterocycles. The van der Waals surface area contributed by atoms with E-state index in [1.165, 1.54) is 11.8 Å². The predicted molar refractivity (Wildman–Crippen MR) is 93.8 cm³/mol. The fraction of sp³-hybridized carbons (Fsp3) is 0.312. The van der Waals surface area contributed by atoms with E-state index in [0.29, 0.717) is 16.7 Å². The smallest absolute Gasteiger partial charge is 0.238 e. The summed E-state index contributed by atoms with van der Waals surface area (Å²) in [5, 5.41) is 18.4. The van der Waals surface area contributed by atoms with Crippen LogP contribution in [0.15, 0.2) is 33.9 Å². The van der Waals surface area contributed by atoms with Crippen molar-refractivity contribution in [1.29, 1.82) is 0 Å². The zero-order valence-electron chi connectivity index (χ0n) is 14.3. The van der Waals surface area contributed by atoms with Gasteiger partial charge in [-0.15, -0.1) is 5.10 Å². The van der Waals surface area contributed by atoms with Gasteiger partial charge in [0.2, 0.25) is 11.1 Å². The number of carbonyl (C=O) groups is 1. The summed E-state index contributed by atoms with van der Waals surface area (Å²) >= 11 is 1.27. The van der Waals surface area contributed by atoms with Gasteiger partial charge in [-0.1, -0.05) is 23.0 Å². The summed E-state index contributed by atoms with van der Waals surface area (Å²) < 4.78 is 6.58. The number of aromatic nitrogens is 5. The van der Waals surface area contributed by atoms with E-state index < -0.39 is 5.25 Å². The minimum absolute atomic E-state index is 0.201. The van der Waals surface area contributed by atoms with Crippen LogP contribution in [0.2, 0.25) is 0 Å². The van der Waals surface area contributed by atoms with E-state index in [1.54, 1.807) is 24.6 Å². The number of aryl methyl sites for hydroxylation is 3. The van der Waals surface area contributed by atoms with Crippen LogP contribution in [0.5, 0.6) is 0 Å². The van der Waals surface area contributed by atoms with Crippen molar-refractivity contribution in [3.05, 3.63) is 41.2 Å². The molecular weight excluding hydrogens is 340 g/mol. The van der Waals surface area contributed by atoms with E-state index in [4.69, 9.17) is 4.52 Å². The number of carbonyl (C=O) groups excluding carboxylic acids is 1. The summed E-state index contributed by atoms with van der Waals surface area (Å²) in [6.07, 6.45) is 0. The van der Waals surface area contributed by atoms with Crippen LogP contribution in [0.25, 0.3) is 5.69 Å². The van der Waals surface area contributed by atoms with Gasteiger partial charge in [-0.3, -0.25) is 4.79 Å². The predicted octanol–water partition coefficient (Wildman–Crippen LogP) is 2.69. The molecule has 1 atom stereocenters. The molecule has 0 saturated heterocycles. The van der Waals surface area contributed by atoms with Crippen molar-refractivity contribution in [3.63, 3.8) is 0 Å². The van der Waals surface area contributed by atoms with Gasteiger partial charge in [0.15, 0.2) is 5.82 Å². The van der Waals surface area contributed by atoms with E-state index >= 15 is 0 Å². The lowest BCUT2D eigenvalue weighted by atomic mass is 10.1.